The van der Waals surface area contributed by atoms with Gasteiger partial charge in [0.2, 0.25) is 0 Å². The summed E-state index contributed by atoms with van der Waals surface area (Å²) in [6.07, 6.45) is -0.784. The molecule has 0 bridgehead atoms. The van der Waals surface area contributed by atoms with E-state index < -0.39 is 6.10 Å². The maximum absolute atomic E-state index is 10.0. The van der Waals surface area contributed by atoms with Gasteiger partial charge < -0.3 is 30.1 Å². The van der Waals surface area contributed by atoms with Crippen molar-refractivity contribution in [2.45, 2.75) is 6.10 Å². The third-order valence-electron chi connectivity index (χ3n) is 3.33. The Morgan fingerprint density at radius 2 is 1.78 bits per heavy atom. The lowest BCUT2D eigenvalue weighted by Gasteiger charge is -2.14. The fourth-order valence-electron chi connectivity index (χ4n) is 2.08. The minimum atomic E-state index is -0.784. The molecule has 0 fully saturated rings. The van der Waals surface area contributed by atoms with Gasteiger partial charge in [0.25, 0.3) is 0 Å². The molecule has 2 aromatic rings. The van der Waals surface area contributed by atoms with Crippen molar-refractivity contribution in [2.24, 2.45) is 0 Å². The molecule has 0 radical (unpaired) electrons. The summed E-state index contributed by atoms with van der Waals surface area (Å²) < 4.78 is 10.8. The SMILES string of the molecule is COc1ccccc1OCCNCC(O)c1ccc(O)c(O)c1. The van der Waals surface area contributed by atoms with Gasteiger partial charge in [-0.15, -0.1) is 0 Å². The molecule has 124 valence electrons. The molecule has 0 saturated carbocycles. The lowest BCUT2D eigenvalue weighted by molar-refractivity contribution is 0.171. The summed E-state index contributed by atoms with van der Waals surface area (Å²) in [6.45, 7) is 1.27. The summed E-state index contributed by atoms with van der Waals surface area (Å²) in [5, 5.41) is 31.8. The van der Waals surface area contributed by atoms with Crippen LogP contribution in [0.25, 0.3) is 0 Å². The van der Waals surface area contributed by atoms with Crippen molar-refractivity contribution in [3.63, 3.8) is 0 Å². The number of benzene rings is 2. The van der Waals surface area contributed by atoms with Crippen molar-refractivity contribution in [3.8, 4) is 23.0 Å². The molecular formula is C17H21NO5. The molecule has 2 aromatic carbocycles. The third-order valence-corrected chi connectivity index (χ3v) is 3.33. The van der Waals surface area contributed by atoms with E-state index in [1.807, 2.05) is 24.3 Å². The van der Waals surface area contributed by atoms with Crippen LogP contribution in [-0.2, 0) is 0 Å². The van der Waals surface area contributed by atoms with E-state index in [0.29, 0.717) is 36.8 Å². The predicted octanol–water partition coefficient (Wildman–Crippen LogP) is 1.81. The van der Waals surface area contributed by atoms with Crippen LogP contribution in [0.5, 0.6) is 23.0 Å². The smallest absolute Gasteiger partial charge is 0.161 e. The summed E-state index contributed by atoms with van der Waals surface area (Å²) in [6, 6.07) is 11.6. The average Bonchev–Trinajstić information content (AvgIpc) is 2.57. The molecule has 0 amide bonds. The van der Waals surface area contributed by atoms with E-state index in [9.17, 15) is 15.3 Å². The number of phenolic OH excluding ortho intramolecular Hbond substituents is 2. The van der Waals surface area contributed by atoms with Gasteiger partial charge in [-0.1, -0.05) is 18.2 Å². The maximum Gasteiger partial charge on any atom is 0.161 e. The molecule has 23 heavy (non-hydrogen) atoms. The number of rotatable bonds is 8. The van der Waals surface area contributed by atoms with Crippen molar-refractivity contribution < 1.29 is 24.8 Å². The second kappa shape index (κ2) is 8.26. The van der Waals surface area contributed by atoms with Gasteiger partial charge in [0, 0.05) is 13.1 Å². The van der Waals surface area contributed by atoms with Crippen LogP contribution in [-0.4, -0.2) is 42.1 Å². The number of aliphatic hydroxyl groups excluding tert-OH is 1. The molecule has 1 atom stereocenters. The van der Waals surface area contributed by atoms with E-state index >= 15 is 0 Å². The van der Waals surface area contributed by atoms with Crippen LogP contribution in [0, 0.1) is 0 Å². The molecule has 6 nitrogen and oxygen atoms in total. The number of phenols is 2. The lowest BCUT2D eigenvalue weighted by Crippen LogP contribution is -2.26. The second-order valence-corrected chi connectivity index (χ2v) is 4.97. The Balaban J connectivity index is 1.73. The molecule has 2 rings (SSSR count). The molecule has 0 aliphatic carbocycles. The Labute approximate surface area is 134 Å². The first-order valence-corrected chi connectivity index (χ1v) is 7.28. The molecule has 0 heterocycles. The molecule has 0 aliphatic rings. The van der Waals surface area contributed by atoms with E-state index in [1.165, 1.54) is 12.1 Å². The van der Waals surface area contributed by atoms with Crippen molar-refractivity contribution in [2.75, 3.05) is 26.8 Å². The van der Waals surface area contributed by atoms with Gasteiger partial charge in [-0.2, -0.15) is 0 Å². The number of aliphatic hydroxyl groups is 1. The maximum atomic E-state index is 10.0. The number of methoxy groups -OCH3 is 1. The molecule has 0 saturated heterocycles. The zero-order chi connectivity index (χ0) is 16.7. The highest BCUT2D eigenvalue weighted by molar-refractivity contribution is 5.41. The summed E-state index contributed by atoms with van der Waals surface area (Å²) >= 11 is 0. The molecule has 4 N–H and O–H groups in total. The van der Waals surface area contributed by atoms with Gasteiger partial charge in [0.15, 0.2) is 23.0 Å². The summed E-state index contributed by atoms with van der Waals surface area (Å²) in [7, 11) is 1.59. The first-order chi connectivity index (χ1) is 11.1. The molecular weight excluding hydrogens is 298 g/mol. The fourth-order valence-corrected chi connectivity index (χ4v) is 2.08. The van der Waals surface area contributed by atoms with Gasteiger partial charge in [0.1, 0.15) is 6.61 Å². The van der Waals surface area contributed by atoms with Gasteiger partial charge in [-0.05, 0) is 29.8 Å². The highest BCUT2D eigenvalue weighted by atomic mass is 16.5. The van der Waals surface area contributed by atoms with E-state index in [1.54, 1.807) is 13.2 Å². The Kier molecular flexibility index (Phi) is 6.08. The van der Waals surface area contributed by atoms with E-state index in [2.05, 4.69) is 5.32 Å². The van der Waals surface area contributed by atoms with Crippen LogP contribution >= 0.6 is 0 Å². The second-order valence-electron chi connectivity index (χ2n) is 4.97. The number of para-hydroxylation sites is 2. The van der Waals surface area contributed by atoms with Crippen molar-refractivity contribution in [3.05, 3.63) is 48.0 Å². The topological polar surface area (TPSA) is 91.2 Å². The number of aromatic hydroxyl groups is 2. The summed E-state index contributed by atoms with van der Waals surface area (Å²) in [5.74, 6) is 0.882. The fraction of sp³-hybridized carbons (Fsp3) is 0.294. The van der Waals surface area contributed by atoms with E-state index in [4.69, 9.17) is 9.47 Å². The van der Waals surface area contributed by atoms with Gasteiger partial charge >= 0.3 is 0 Å². The monoisotopic (exact) mass is 319 g/mol. The van der Waals surface area contributed by atoms with Crippen LogP contribution in [0.2, 0.25) is 0 Å². The molecule has 6 heteroatoms. The molecule has 0 aliphatic heterocycles. The molecule has 1 unspecified atom stereocenters. The highest BCUT2D eigenvalue weighted by Crippen LogP contribution is 2.27. The predicted molar refractivity (Wildman–Crippen MR) is 86.1 cm³/mol. The molecule has 0 spiro atoms. The Morgan fingerprint density at radius 1 is 1.04 bits per heavy atom. The quantitative estimate of drug-likeness (QED) is 0.438. The Bertz CT molecular complexity index is 632. The van der Waals surface area contributed by atoms with Crippen LogP contribution < -0.4 is 14.8 Å². The van der Waals surface area contributed by atoms with Gasteiger partial charge in [0.05, 0.1) is 13.2 Å². The first-order valence-electron chi connectivity index (χ1n) is 7.28. The molecule has 0 aromatic heterocycles. The lowest BCUT2D eigenvalue weighted by atomic mass is 10.1. The minimum absolute atomic E-state index is 0.209. The van der Waals surface area contributed by atoms with Gasteiger partial charge in [-0.3, -0.25) is 0 Å². The average molecular weight is 319 g/mol. The zero-order valence-electron chi connectivity index (χ0n) is 12.9. The van der Waals surface area contributed by atoms with Crippen LogP contribution in [0.1, 0.15) is 11.7 Å². The van der Waals surface area contributed by atoms with Crippen molar-refractivity contribution in [1.82, 2.24) is 5.32 Å². The van der Waals surface area contributed by atoms with Crippen LogP contribution in [0.15, 0.2) is 42.5 Å². The number of nitrogens with one attached hydrogen (secondary N) is 1. The Hall–Kier alpha value is -2.44. The first kappa shape index (κ1) is 16.9. The van der Waals surface area contributed by atoms with Crippen LogP contribution in [0.4, 0.5) is 0 Å². The van der Waals surface area contributed by atoms with E-state index in [-0.39, 0.29) is 11.5 Å². The summed E-state index contributed by atoms with van der Waals surface area (Å²) in [4.78, 5) is 0. The highest BCUT2D eigenvalue weighted by Gasteiger charge is 2.10. The number of hydrogen-bond acceptors (Lipinski definition) is 6. The van der Waals surface area contributed by atoms with E-state index in [0.717, 1.165) is 0 Å². The van der Waals surface area contributed by atoms with Crippen molar-refractivity contribution >= 4 is 0 Å². The minimum Gasteiger partial charge on any atom is -0.504 e. The third kappa shape index (κ3) is 4.77. The Morgan fingerprint density at radius 3 is 2.48 bits per heavy atom. The number of ether oxygens (including phenoxy) is 2. The van der Waals surface area contributed by atoms with Crippen molar-refractivity contribution in [1.29, 1.82) is 0 Å². The summed E-state index contributed by atoms with van der Waals surface area (Å²) in [5.41, 5.74) is 0.526. The van der Waals surface area contributed by atoms with Crippen LogP contribution in [0.3, 0.4) is 0 Å². The van der Waals surface area contributed by atoms with Gasteiger partial charge in [-0.25, -0.2) is 0 Å². The standard InChI is InChI=1S/C17H21NO5/c1-22-16-4-2-3-5-17(16)23-9-8-18-11-15(21)12-6-7-13(19)14(20)10-12/h2-7,10,15,18-21H,8-9,11H2,1H3. The largest absolute Gasteiger partial charge is 0.504 e. The number of hydrogen-bond donors (Lipinski definition) is 4. The normalized spacial score (nSPS) is 11.9. The zero-order valence-corrected chi connectivity index (χ0v) is 12.9.